The van der Waals surface area contributed by atoms with Crippen molar-refractivity contribution in [3.05, 3.63) is 40.7 Å². The number of anilines is 1. The second-order valence-electron chi connectivity index (χ2n) is 6.04. The predicted octanol–water partition coefficient (Wildman–Crippen LogP) is 0.755. The summed E-state index contributed by atoms with van der Waals surface area (Å²) in [5.74, 6) is 0.556. The molecule has 0 bridgehead atoms. The molecule has 0 aliphatic carbocycles. The molecule has 1 atom stereocenters. The Morgan fingerprint density at radius 1 is 1.43 bits per heavy atom. The lowest BCUT2D eigenvalue weighted by atomic mass is 10.1. The minimum atomic E-state index is -0.0302. The third-order valence-corrected chi connectivity index (χ3v) is 4.33. The van der Waals surface area contributed by atoms with E-state index in [2.05, 4.69) is 33.4 Å². The van der Waals surface area contributed by atoms with Crippen LogP contribution in [0.25, 0.3) is 0 Å². The number of nitrogens with zero attached hydrogens (tertiary/aromatic N) is 5. The zero-order valence-corrected chi connectivity index (χ0v) is 13.8. The maximum atomic E-state index is 12.2. The highest BCUT2D eigenvalue weighted by Crippen LogP contribution is 2.15. The number of piperidine rings is 1. The van der Waals surface area contributed by atoms with Crippen molar-refractivity contribution in [2.45, 2.75) is 38.9 Å². The van der Waals surface area contributed by atoms with E-state index in [1.54, 1.807) is 24.0 Å². The van der Waals surface area contributed by atoms with Crippen molar-refractivity contribution >= 4 is 5.82 Å². The van der Waals surface area contributed by atoms with Crippen LogP contribution < -0.4 is 15.8 Å². The molecule has 1 N–H and O–H groups in total. The second-order valence-corrected chi connectivity index (χ2v) is 6.04. The van der Waals surface area contributed by atoms with Crippen LogP contribution in [-0.2, 0) is 20.1 Å². The van der Waals surface area contributed by atoms with Crippen molar-refractivity contribution in [1.82, 2.24) is 24.6 Å². The highest BCUT2D eigenvalue weighted by Gasteiger charge is 2.22. The molecule has 1 aliphatic heterocycles. The Balaban J connectivity index is 1.62. The number of hydrogen-bond acceptors (Lipinski definition) is 5. The molecule has 1 saturated heterocycles. The average Bonchev–Trinajstić information content (AvgIpc) is 3.04. The Morgan fingerprint density at radius 3 is 3.09 bits per heavy atom. The molecule has 7 heteroatoms. The molecule has 3 heterocycles. The van der Waals surface area contributed by atoms with Crippen molar-refractivity contribution in [1.29, 1.82) is 0 Å². The van der Waals surface area contributed by atoms with E-state index in [0.717, 1.165) is 39.0 Å². The van der Waals surface area contributed by atoms with Crippen LogP contribution in [0.15, 0.2) is 29.6 Å². The highest BCUT2D eigenvalue weighted by molar-refractivity contribution is 5.36. The van der Waals surface area contributed by atoms with E-state index in [-0.39, 0.29) is 5.56 Å². The smallest absolute Gasteiger partial charge is 0.293 e. The van der Waals surface area contributed by atoms with E-state index in [4.69, 9.17) is 0 Å². The second kappa shape index (κ2) is 6.95. The van der Waals surface area contributed by atoms with Gasteiger partial charge in [0.25, 0.3) is 5.56 Å². The number of aryl methyl sites for hydroxylation is 2. The molecule has 1 aliphatic rings. The molecule has 0 amide bonds. The van der Waals surface area contributed by atoms with Gasteiger partial charge >= 0.3 is 0 Å². The topological polar surface area (TPSA) is 68.0 Å². The van der Waals surface area contributed by atoms with Crippen LogP contribution >= 0.6 is 0 Å². The maximum absolute atomic E-state index is 12.2. The number of rotatable bonds is 5. The minimum absolute atomic E-state index is 0.0302. The number of hydrogen-bond donors (Lipinski definition) is 1. The van der Waals surface area contributed by atoms with Gasteiger partial charge in [-0.1, -0.05) is 0 Å². The third-order valence-electron chi connectivity index (χ3n) is 4.33. The van der Waals surface area contributed by atoms with Gasteiger partial charge in [0, 0.05) is 63.4 Å². The molecule has 0 aromatic carbocycles. The van der Waals surface area contributed by atoms with Gasteiger partial charge in [-0.2, -0.15) is 5.10 Å². The first kappa shape index (κ1) is 15.7. The Kier molecular flexibility index (Phi) is 4.76. The molecule has 0 radical (unpaired) electrons. The maximum Gasteiger partial charge on any atom is 0.293 e. The van der Waals surface area contributed by atoms with Crippen LogP contribution in [0.5, 0.6) is 0 Å². The fraction of sp³-hybridized carbons (Fsp3) is 0.562. The standard InChI is InChI=1S/C16H24N6O/c1-3-22-11-13(10-19-22)9-18-14-5-4-7-21(12-14)15-16(23)20(2)8-6-17-15/h6,8,10-11,14,18H,3-5,7,9,12H2,1-2H3/t14-/m1/s1. The number of aromatic nitrogens is 4. The summed E-state index contributed by atoms with van der Waals surface area (Å²) in [6, 6.07) is 0.362. The van der Waals surface area contributed by atoms with Crippen LogP contribution in [0.1, 0.15) is 25.3 Å². The van der Waals surface area contributed by atoms with Crippen molar-refractivity contribution in [2.24, 2.45) is 7.05 Å². The average molecular weight is 316 g/mol. The van der Waals surface area contributed by atoms with E-state index in [9.17, 15) is 4.79 Å². The Hall–Kier alpha value is -2.15. The molecule has 0 saturated carbocycles. The van der Waals surface area contributed by atoms with Gasteiger partial charge < -0.3 is 14.8 Å². The summed E-state index contributed by atoms with van der Waals surface area (Å²) in [4.78, 5) is 18.6. The Bertz CT molecular complexity index is 707. The Labute approximate surface area is 135 Å². The van der Waals surface area contributed by atoms with Gasteiger partial charge in [0.1, 0.15) is 0 Å². The van der Waals surface area contributed by atoms with Gasteiger partial charge in [-0.25, -0.2) is 4.98 Å². The minimum Gasteiger partial charge on any atom is -0.350 e. The molecule has 7 nitrogen and oxygen atoms in total. The van der Waals surface area contributed by atoms with Crippen LogP contribution in [0.4, 0.5) is 5.82 Å². The van der Waals surface area contributed by atoms with Crippen LogP contribution in [0.3, 0.4) is 0 Å². The summed E-state index contributed by atoms with van der Waals surface area (Å²) in [7, 11) is 1.76. The zero-order valence-electron chi connectivity index (χ0n) is 13.8. The summed E-state index contributed by atoms with van der Waals surface area (Å²) < 4.78 is 3.51. The van der Waals surface area contributed by atoms with Gasteiger partial charge in [-0.05, 0) is 19.8 Å². The van der Waals surface area contributed by atoms with Crippen molar-refractivity contribution in [3.63, 3.8) is 0 Å². The quantitative estimate of drug-likeness (QED) is 0.882. The van der Waals surface area contributed by atoms with E-state index >= 15 is 0 Å². The van der Waals surface area contributed by atoms with Crippen LogP contribution in [0.2, 0.25) is 0 Å². The molecular formula is C16H24N6O. The van der Waals surface area contributed by atoms with E-state index < -0.39 is 0 Å². The molecule has 1 fully saturated rings. The SMILES string of the molecule is CCn1cc(CN[C@@H]2CCCN(c3nccn(C)c3=O)C2)cn1. The molecule has 23 heavy (non-hydrogen) atoms. The fourth-order valence-corrected chi connectivity index (χ4v) is 2.97. The first-order valence-corrected chi connectivity index (χ1v) is 8.18. The summed E-state index contributed by atoms with van der Waals surface area (Å²) in [6.45, 7) is 5.47. The predicted molar refractivity (Wildman–Crippen MR) is 89.5 cm³/mol. The Morgan fingerprint density at radius 2 is 2.30 bits per heavy atom. The van der Waals surface area contributed by atoms with Crippen molar-refractivity contribution < 1.29 is 0 Å². The van der Waals surface area contributed by atoms with E-state index in [0.29, 0.717) is 11.9 Å². The molecule has 3 rings (SSSR count). The van der Waals surface area contributed by atoms with Crippen molar-refractivity contribution in [3.8, 4) is 0 Å². The summed E-state index contributed by atoms with van der Waals surface area (Å²) in [5.41, 5.74) is 1.16. The van der Waals surface area contributed by atoms with Gasteiger partial charge in [-0.15, -0.1) is 0 Å². The summed E-state index contributed by atoms with van der Waals surface area (Å²) in [5, 5.41) is 7.87. The van der Waals surface area contributed by atoms with Crippen LogP contribution in [-0.4, -0.2) is 38.5 Å². The monoisotopic (exact) mass is 316 g/mol. The molecule has 0 unspecified atom stereocenters. The largest absolute Gasteiger partial charge is 0.350 e. The van der Waals surface area contributed by atoms with E-state index in [1.807, 2.05) is 10.9 Å². The van der Waals surface area contributed by atoms with E-state index in [1.165, 1.54) is 5.56 Å². The fourth-order valence-electron chi connectivity index (χ4n) is 2.97. The molecular weight excluding hydrogens is 292 g/mol. The lowest BCUT2D eigenvalue weighted by Crippen LogP contribution is -2.47. The van der Waals surface area contributed by atoms with Gasteiger partial charge in [0.05, 0.1) is 6.20 Å². The number of nitrogens with one attached hydrogen (secondary N) is 1. The lowest BCUT2D eigenvalue weighted by Gasteiger charge is -2.33. The first-order valence-electron chi connectivity index (χ1n) is 8.18. The summed E-state index contributed by atoms with van der Waals surface area (Å²) >= 11 is 0. The molecule has 0 spiro atoms. The highest BCUT2D eigenvalue weighted by atomic mass is 16.1. The van der Waals surface area contributed by atoms with Crippen molar-refractivity contribution in [2.75, 3.05) is 18.0 Å². The first-order chi connectivity index (χ1) is 11.2. The molecule has 2 aromatic heterocycles. The van der Waals surface area contributed by atoms with Gasteiger partial charge in [0.2, 0.25) is 0 Å². The summed E-state index contributed by atoms with van der Waals surface area (Å²) in [6.07, 6.45) is 9.54. The lowest BCUT2D eigenvalue weighted by molar-refractivity contribution is 0.419. The molecule has 124 valence electrons. The van der Waals surface area contributed by atoms with Crippen LogP contribution in [0, 0.1) is 0 Å². The molecule has 2 aromatic rings. The normalized spacial score (nSPS) is 18.3. The zero-order chi connectivity index (χ0) is 16.2. The van der Waals surface area contributed by atoms with Gasteiger partial charge in [0.15, 0.2) is 5.82 Å². The third kappa shape index (κ3) is 3.61. The van der Waals surface area contributed by atoms with Gasteiger partial charge in [-0.3, -0.25) is 9.48 Å².